The van der Waals surface area contributed by atoms with E-state index in [0.29, 0.717) is 22.8 Å². The molecule has 3 rings (SSSR count). The predicted octanol–water partition coefficient (Wildman–Crippen LogP) is 3.99. The van der Waals surface area contributed by atoms with Crippen LogP contribution in [-0.4, -0.2) is 32.2 Å². The molecule has 2 aromatic carbocycles. The first-order valence-corrected chi connectivity index (χ1v) is 8.12. The molecule has 0 saturated heterocycles. The van der Waals surface area contributed by atoms with E-state index in [0.717, 1.165) is 17.6 Å². The number of ketones is 1. The lowest BCUT2D eigenvalue weighted by molar-refractivity contribution is 0.103. The standard InChI is InChI=1S/C21H20O5/c1-24-18-11-15(12-19(25-2)21(18)26-3)20(23)16-10-14(8-9-17(16)22)13-6-4-5-7-13/h4-6,8-12,22H,7H2,1-3H3. The van der Waals surface area contributed by atoms with Crippen molar-refractivity contribution in [3.05, 3.63) is 65.3 Å². The summed E-state index contributed by atoms with van der Waals surface area (Å²) in [6.07, 6.45) is 6.83. The Bertz CT molecular complexity index is 884. The Hall–Kier alpha value is -3.21. The highest BCUT2D eigenvalue weighted by atomic mass is 16.5. The van der Waals surface area contributed by atoms with Gasteiger partial charge in [-0.1, -0.05) is 24.3 Å². The molecule has 5 heteroatoms. The molecule has 0 spiro atoms. The molecule has 0 atom stereocenters. The van der Waals surface area contributed by atoms with Crippen molar-refractivity contribution >= 4 is 11.4 Å². The van der Waals surface area contributed by atoms with Gasteiger partial charge in [-0.25, -0.2) is 0 Å². The Morgan fingerprint density at radius 1 is 1.00 bits per heavy atom. The Morgan fingerprint density at radius 2 is 1.69 bits per heavy atom. The molecule has 0 saturated carbocycles. The number of carbonyl (C=O) groups excluding carboxylic acids is 1. The van der Waals surface area contributed by atoms with Crippen LogP contribution in [0.2, 0.25) is 0 Å². The number of hydrogen-bond donors (Lipinski definition) is 1. The van der Waals surface area contributed by atoms with Crippen LogP contribution in [0.15, 0.2) is 48.6 Å². The molecule has 0 aromatic heterocycles. The number of benzene rings is 2. The molecule has 2 aromatic rings. The minimum Gasteiger partial charge on any atom is -0.507 e. The van der Waals surface area contributed by atoms with Crippen molar-refractivity contribution in [3.8, 4) is 23.0 Å². The zero-order chi connectivity index (χ0) is 18.7. The van der Waals surface area contributed by atoms with Gasteiger partial charge in [0.2, 0.25) is 5.75 Å². The van der Waals surface area contributed by atoms with Crippen LogP contribution in [0.3, 0.4) is 0 Å². The number of aromatic hydroxyl groups is 1. The molecule has 5 nitrogen and oxygen atoms in total. The first-order chi connectivity index (χ1) is 12.6. The zero-order valence-electron chi connectivity index (χ0n) is 14.9. The Balaban J connectivity index is 2.05. The number of rotatable bonds is 6. The molecular formula is C21H20O5. The van der Waals surface area contributed by atoms with Crippen LogP contribution < -0.4 is 14.2 Å². The summed E-state index contributed by atoms with van der Waals surface area (Å²) in [5.41, 5.74) is 2.57. The molecule has 0 amide bonds. The van der Waals surface area contributed by atoms with Gasteiger partial charge in [0.05, 0.1) is 26.9 Å². The van der Waals surface area contributed by atoms with Crippen LogP contribution in [0.25, 0.3) is 5.57 Å². The number of carbonyl (C=O) groups is 1. The van der Waals surface area contributed by atoms with Gasteiger partial charge in [-0.05, 0) is 41.8 Å². The molecule has 0 unspecified atom stereocenters. The summed E-state index contributed by atoms with van der Waals surface area (Å²) in [4.78, 5) is 13.0. The average Bonchev–Trinajstić information content (AvgIpc) is 3.21. The van der Waals surface area contributed by atoms with E-state index in [4.69, 9.17) is 14.2 Å². The first kappa shape index (κ1) is 17.6. The van der Waals surface area contributed by atoms with Crippen molar-refractivity contribution in [2.75, 3.05) is 21.3 Å². The largest absolute Gasteiger partial charge is 0.507 e. The lowest BCUT2D eigenvalue weighted by Crippen LogP contribution is -2.05. The fourth-order valence-corrected chi connectivity index (χ4v) is 2.95. The topological polar surface area (TPSA) is 65.0 Å². The maximum absolute atomic E-state index is 13.0. The van der Waals surface area contributed by atoms with Gasteiger partial charge in [-0.15, -0.1) is 0 Å². The van der Waals surface area contributed by atoms with Gasteiger partial charge in [0.25, 0.3) is 0 Å². The molecule has 0 radical (unpaired) electrons. The number of phenolic OH excluding ortho intramolecular Hbond substituents is 1. The van der Waals surface area contributed by atoms with Gasteiger partial charge in [-0.2, -0.15) is 0 Å². The van der Waals surface area contributed by atoms with E-state index >= 15 is 0 Å². The van der Waals surface area contributed by atoms with Crippen LogP contribution in [0.4, 0.5) is 0 Å². The van der Waals surface area contributed by atoms with Gasteiger partial charge < -0.3 is 19.3 Å². The fraction of sp³-hybridized carbons (Fsp3) is 0.190. The van der Waals surface area contributed by atoms with Gasteiger partial charge >= 0.3 is 0 Å². The molecule has 0 fully saturated rings. The molecule has 1 aliphatic rings. The lowest BCUT2D eigenvalue weighted by Gasteiger charge is -2.14. The monoisotopic (exact) mass is 352 g/mol. The van der Waals surface area contributed by atoms with E-state index < -0.39 is 0 Å². The molecule has 1 N–H and O–H groups in total. The molecule has 0 heterocycles. The predicted molar refractivity (Wildman–Crippen MR) is 99.4 cm³/mol. The quantitative estimate of drug-likeness (QED) is 0.796. The van der Waals surface area contributed by atoms with Crippen molar-refractivity contribution in [1.29, 1.82) is 0 Å². The summed E-state index contributed by atoms with van der Waals surface area (Å²) in [5.74, 6) is 0.781. The van der Waals surface area contributed by atoms with Crippen molar-refractivity contribution < 1.29 is 24.1 Å². The van der Waals surface area contributed by atoms with Crippen molar-refractivity contribution in [3.63, 3.8) is 0 Å². The molecule has 0 bridgehead atoms. The van der Waals surface area contributed by atoms with E-state index in [9.17, 15) is 9.90 Å². The number of allylic oxidation sites excluding steroid dienone is 4. The molecule has 26 heavy (non-hydrogen) atoms. The summed E-state index contributed by atoms with van der Waals surface area (Å²) < 4.78 is 15.9. The van der Waals surface area contributed by atoms with Gasteiger partial charge in [-0.3, -0.25) is 4.79 Å². The van der Waals surface area contributed by atoms with Crippen LogP contribution in [0, 0.1) is 0 Å². The zero-order valence-corrected chi connectivity index (χ0v) is 14.9. The van der Waals surface area contributed by atoms with Crippen molar-refractivity contribution in [1.82, 2.24) is 0 Å². The van der Waals surface area contributed by atoms with Crippen LogP contribution in [0.1, 0.15) is 27.9 Å². The van der Waals surface area contributed by atoms with Gasteiger partial charge in [0.15, 0.2) is 17.3 Å². The second-order valence-electron chi connectivity index (χ2n) is 5.80. The van der Waals surface area contributed by atoms with Crippen LogP contribution >= 0.6 is 0 Å². The summed E-state index contributed by atoms with van der Waals surface area (Å²) in [7, 11) is 4.48. The minimum absolute atomic E-state index is 0.0703. The second kappa shape index (κ2) is 7.35. The van der Waals surface area contributed by atoms with E-state index in [-0.39, 0.29) is 17.1 Å². The van der Waals surface area contributed by atoms with E-state index in [1.54, 1.807) is 30.3 Å². The summed E-state index contributed by atoms with van der Waals surface area (Å²) >= 11 is 0. The highest BCUT2D eigenvalue weighted by Gasteiger charge is 2.21. The maximum Gasteiger partial charge on any atom is 0.203 e. The number of phenols is 1. The summed E-state index contributed by atoms with van der Waals surface area (Å²) in [6, 6.07) is 8.21. The third-order valence-corrected chi connectivity index (χ3v) is 4.31. The highest BCUT2D eigenvalue weighted by molar-refractivity contribution is 6.11. The van der Waals surface area contributed by atoms with Crippen LogP contribution in [-0.2, 0) is 0 Å². The molecular weight excluding hydrogens is 332 g/mol. The fourth-order valence-electron chi connectivity index (χ4n) is 2.95. The first-order valence-electron chi connectivity index (χ1n) is 8.12. The molecule has 0 aliphatic heterocycles. The average molecular weight is 352 g/mol. The SMILES string of the molecule is COc1cc(C(=O)c2cc(C3=CC=CC3)ccc2O)cc(OC)c1OC. The van der Waals surface area contributed by atoms with Crippen molar-refractivity contribution in [2.45, 2.75) is 6.42 Å². The van der Waals surface area contributed by atoms with E-state index in [1.807, 2.05) is 18.2 Å². The Kier molecular flexibility index (Phi) is 4.98. The molecule has 1 aliphatic carbocycles. The smallest absolute Gasteiger partial charge is 0.203 e. The number of ether oxygens (including phenoxy) is 3. The number of methoxy groups -OCH3 is 3. The number of hydrogen-bond acceptors (Lipinski definition) is 5. The summed E-state index contributed by atoms with van der Waals surface area (Å²) in [5, 5.41) is 10.2. The maximum atomic E-state index is 13.0. The third kappa shape index (κ3) is 3.16. The Morgan fingerprint density at radius 3 is 2.23 bits per heavy atom. The van der Waals surface area contributed by atoms with Crippen LogP contribution in [0.5, 0.6) is 23.0 Å². The van der Waals surface area contributed by atoms with Crippen molar-refractivity contribution in [2.24, 2.45) is 0 Å². The van der Waals surface area contributed by atoms with E-state index in [1.165, 1.54) is 21.3 Å². The minimum atomic E-state index is -0.324. The van der Waals surface area contributed by atoms with E-state index in [2.05, 4.69) is 0 Å². The molecule has 134 valence electrons. The van der Waals surface area contributed by atoms with Gasteiger partial charge in [0.1, 0.15) is 5.75 Å². The third-order valence-electron chi connectivity index (χ3n) is 4.31. The Labute approximate surface area is 152 Å². The second-order valence-corrected chi connectivity index (χ2v) is 5.80. The van der Waals surface area contributed by atoms with Gasteiger partial charge in [0, 0.05) is 5.56 Å². The highest BCUT2D eigenvalue weighted by Crippen LogP contribution is 2.39. The summed E-state index contributed by atoms with van der Waals surface area (Å²) in [6.45, 7) is 0. The lowest BCUT2D eigenvalue weighted by atomic mass is 9.96. The normalized spacial score (nSPS) is 12.7.